The molecule has 0 aliphatic heterocycles. The Morgan fingerprint density at radius 3 is 2.59 bits per heavy atom. The zero-order chi connectivity index (χ0) is 18.6. The summed E-state index contributed by atoms with van der Waals surface area (Å²) >= 11 is 0. The summed E-state index contributed by atoms with van der Waals surface area (Å²) in [6, 6.07) is 16.5. The van der Waals surface area contributed by atoms with Gasteiger partial charge in [0.05, 0.1) is 17.6 Å². The van der Waals surface area contributed by atoms with E-state index in [9.17, 15) is 0 Å². The minimum Gasteiger partial charge on any atom is -0.334 e. The van der Waals surface area contributed by atoms with Crippen LogP contribution in [0.2, 0.25) is 0 Å². The van der Waals surface area contributed by atoms with Gasteiger partial charge in [-0.2, -0.15) is 4.98 Å². The van der Waals surface area contributed by atoms with Crippen LogP contribution >= 0.6 is 0 Å². The summed E-state index contributed by atoms with van der Waals surface area (Å²) in [7, 11) is 2.06. The van der Waals surface area contributed by atoms with E-state index in [0.29, 0.717) is 5.89 Å². The molecular formula is C21H23N5O. The van der Waals surface area contributed by atoms with Crippen molar-refractivity contribution in [1.29, 1.82) is 0 Å². The van der Waals surface area contributed by atoms with E-state index in [4.69, 9.17) is 4.52 Å². The number of benzene rings is 2. The van der Waals surface area contributed by atoms with Crippen molar-refractivity contribution in [3.8, 4) is 11.5 Å². The van der Waals surface area contributed by atoms with Gasteiger partial charge in [-0.25, -0.2) is 4.98 Å². The molecule has 1 N–H and O–H groups in total. The number of rotatable bonds is 7. The van der Waals surface area contributed by atoms with Crippen LogP contribution in [0.15, 0.2) is 53.1 Å². The first-order valence-electron chi connectivity index (χ1n) is 9.27. The Bertz CT molecular complexity index is 1030. The summed E-state index contributed by atoms with van der Waals surface area (Å²) in [4.78, 5) is 9.05. The summed E-state index contributed by atoms with van der Waals surface area (Å²) in [5.41, 5.74) is 4.43. The normalized spacial score (nSPS) is 11.3. The number of hydrogen-bond acceptors (Lipinski definition) is 5. The fourth-order valence-electron chi connectivity index (χ4n) is 3.12. The van der Waals surface area contributed by atoms with E-state index in [1.54, 1.807) is 0 Å². The molecule has 138 valence electrons. The van der Waals surface area contributed by atoms with Crippen molar-refractivity contribution in [2.45, 2.75) is 26.3 Å². The fraction of sp³-hybridized carbons (Fsp3) is 0.286. The van der Waals surface area contributed by atoms with E-state index < -0.39 is 0 Å². The molecular weight excluding hydrogens is 338 g/mol. The minimum absolute atomic E-state index is 0.582. The maximum atomic E-state index is 5.28. The fourth-order valence-corrected chi connectivity index (χ4v) is 3.12. The lowest BCUT2D eigenvalue weighted by molar-refractivity contribution is 0.423. The molecule has 6 nitrogen and oxygen atoms in total. The van der Waals surface area contributed by atoms with Crippen molar-refractivity contribution in [2.75, 3.05) is 6.54 Å². The Labute approximate surface area is 158 Å². The number of aromatic nitrogens is 4. The standard InChI is InChI=1S/C21H23N5O/c1-3-19-24-21(27-25-19)16-10-8-15(9-11-16)12-13-22-14-20-23-17-6-4-5-7-18(17)26(20)2/h4-11,22H,3,12-14H2,1-2H3. The van der Waals surface area contributed by atoms with Crippen molar-refractivity contribution in [1.82, 2.24) is 25.0 Å². The molecule has 0 atom stereocenters. The lowest BCUT2D eigenvalue weighted by atomic mass is 10.1. The largest absolute Gasteiger partial charge is 0.334 e. The van der Waals surface area contributed by atoms with Gasteiger partial charge in [0.2, 0.25) is 0 Å². The van der Waals surface area contributed by atoms with Crippen LogP contribution in [0, 0.1) is 0 Å². The second-order valence-corrected chi connectivity index (χ2v) is 6.57. The van der Waals surface area contributed by atoms with Gasteiger partial charge in [-0.3, -0.25) is 0 Å². The van der Waals surface area contributed by atoms with Crippen LogP contribution in [0.25, 0.3) is 22.5 Å². The molecule has 2 heterocycles. The Morgan fingerprint density at radius 1 is 1.04 bits per heavy atom. The van der Waals surface area contributed by atoms with Crippen LogP contribution in [0.4, 0.5) is 0 Å². The third-order valence-corrected chi connectivity index (χ3v) is 4.74. The van der Waals surface area contributed by atoms with Gasteiger partial charge >= 0.3 is 0 Å². The van der Waals surface area contributed by atoms with Gasteiger partial charge in [0, 0.05) is 19.0 Å². The molecule has 6 heteroatoms. The maximum absolute atomic E-state index is 5.28. The molecule has 0 saturated carbocycles. The molecule has 0 radical (unpaired) electrons. The summed E-state index contributed by atoms with van der Waals surface area (Å²) in [6.45, 7) is 3.66. The predicted molar refractivity (Wildman–Crippen MR) is 105 cm³/mol. The van der Waals surface area contributed by atoms with E-state index in [-0.39, 0.29) is 0 Å². The highest BCUT2D eigenvalue weighted by Crippen LogP contribution is 2.18. The first-order chi connectivity index (χ1) is 13.2. The number of para-hydroxylation sites is 2. The Hall–Kier alpha value is -2.99. The summed E-state index contributed by atoms with van der Waals surface area (Å²) in [5.74, 6) is 2.37. The van der Waals surface area contributed by atoms with Gasteiger partial charge in [0.25, 0.3) is 5.89 Å². The quantitative estimate of drug-likeness (QED) is 0.510. The third kappa shape index (κ3) is 3.75. The van der Waals surface area contributed by atoms with Gasteiger partial charge in [-0.15, -0.1) is 0 Å². The van der Waals surface area contributed by atoms with Crippen LogP contribution < -0.4 is 5.32 Å². The number of imidazole rings is 1. The SMILES string of the molecule is CCc1noc(-c2ccc(CCNCc3nc4ccccc4n3C)cc2)n1. The Morgan fingerprint density at radius 2 is 1.85 bits per heavy atom. The van der Waals surface area contributed by atoms with Crippen LogP contribution in [0.3, 0.4) is 0 Å². The van der Waals surface area contributed by atoms with Crippen LogP contribution in [-0.2, 0) is 26.4 Å². The molecule has 0 unspecified atom stereocenters. The van der Waals surface area contributed by atoms with Crippen LogP contribution in [0.1, 0.15) is 24.1 Å². The molecule has 0 fully saturated rings. The Balaban J connectivity index is 1.31. The molecule has 2 aromatic carbocycles. The smallest absolute Gasteiger partial charge is 0.257 e. The number of hydrogen-bond donors (Lipinski definition) is 1. The second kappa shape index (κ2) is 7.72. The van der Waals surface area contributed by atoms with Gasteiger partial charge in [0.15, 0.2) is 5.82 Å². The Kier molecular flexibility index (Phi) is 4.98. The lowest BCUT2D eigenvalue weighted by Crippen LogP contribution is -2.19. The van der Waals surface area contributed by atoms with Gasteiger partial charge in [0.1, 0.15) is 5.82 Å². The van der Waals surface area contributed by atoms with Crippen LogP contribution in [-0.4, -0.2) is 26.2 Å². The lowest BCUT2D eigenvalue weighted by Gasteiger charge is -2.06. The number of nitrogens with zero attached hydrogens (tertiary/aromatic N) is 4. The first-order valence-corrected chi connectivity index (χ1v) is 9.27. The molecule has 0 amide bonds. The van der Waals surface area contributed by atoms with Crippen molar-refractivity contribution in [3.63, 3.8) is 0 Å². The molecule has 2 aromatic heterocycles. The van der Waals surface area contributed by atoms with Gasteiger partial charge in [-0.1, -0.05) is 36.3 Å². The minimum atomic E-state index is 0.582. The number of aryl methyl sites for hydroxylation is 2. The summed E-state index contributed by atoms with van der Waals surface area (Å²) in [5, 5.41) is 7.43. The number of nitrogens with one attached hydrogen (secondary N) is 1. The summed E-state index contributed by atoms with van der Waals surface area (Å²) < 4.78 is 7.43. The van der Waals surface area contributed by atoms with Crippen LogP contribution in [0.5, 0.6) is 0 Å². The molecule has 0 spiro atoms. The van der Waals surface area contributed by atoms with Crippen molar-refractivity contribution >= 4 is 11.0 Å². The van der Waals surface area contributed by atoms with Crippen molar-refractivity contribution in [2.24, 2.45) is 7.05 Å². The van der Waals surface area contributed by atoms with Crippen molar-refractivity contribution in [3.05, 3.63) is 65.7 Å². The van der Waals surface area contributed by atoms with E-state index >= 15 is 0 Å². The zero-order valence-electron chi connectivity index (χ0n) is 15.6. The van der Waals surface area contributed by atoms with Gasteiger partial charge in [-0.05, 0) is 42.8 Å². The van der Waals surface area contributed by atoms with Crippen molar-refractivity contribution < 1.29 is 4.52 Å². The highest BCUT2D eigenvalue weighted by Gasteiger charge is 2.08. The van der Waals surface area contributed by atoms with E-state index in [1.807, 2.05) is 37.3 Å². The molecule has 0 saturated heterocycles. The first kappa shape index (κ1) is 17.4. The average Bonchev–Trinajstić information content (AvgIpc) is 3.31. The average molecular weight is 361 g/mol. The molecule has 4 aromatic rings. The van der Waals surface area contributed by atoms with E-state index in [2.05, 4.69) is 50.3 Å². The monoisotopic (exact) mass is 361 g/mol. The molecule has 4 rings (SSSR count). The van der Waals surface area contributed by atoms with E-state index in [0.717, 1.165) is 54.2 Å². The van der Waals surface area contributed by atoms with E-state index in [1.165, 1.54) is 5.56 Å². The molecule has 0 aliphatic rings. The summed E-state index contributed by atoms with van der Waals surface area (Å²) in [6.07, 6.45) is 1.73. The highest BCUT2D eigenvalue weighted by atomic mass is 16.5. The second-order valence-electron chi connectivity index (χ2n) is 6.57. The molecule has 27 heavy (non-hydrogen) atoms. The number of fused-ring (bicyclic) bond motifs is 1. The molecule has 0 aliphatic carbocycles. The maximum Gasteiger partial charge on any atom is 0.257 e. The zero-order valence-corrected chi connectivity index (χ0v) is 15.6. The predicted octanol–water partition coefficient (Wildman–Crippen LogP) is 3.52. The highest BCUT2D eigenvalue weighted by molar-refractivity contribution is 5.75. The van der Waals surface area contributed by atoms with Gasteiger partial charge < -0.3 is 14.4 Å². The third-order valence-electron chi connectivity index (χ3n) is 4.74. The molecule has 0 bridgehead atoms. The topological polar surface area (TPSA) is 68.8 Å².